The monoisotopic (exact) mass is 441 g/mol. The van der Waals surface area contributed by atoms with Gasteiger partial charge in [-0.3, -0.25) is 4.72 Å². The highest BCUT2D eigenvalue weighted by molar-refractivity contribution is 14.1. The molecule has 2 aromatic carbocycles. The van der Waals surface area contributed by atoms with Crippen molar-refractivity contribution in [3.8, 4) is 0 Å². The van der Waals surface area contributed by atoms with Crippen LogP contribution in [0.15, 0.2) is 47.4 Å². The van der Waals surface area contributed by atoms with Crippen LogP contribution < -0.4 is 4.72 Å². The van der Waals surface area contributed by atoms with Crippen molar-refractivity contribution >= 4 is 38.3 Å². The molecule has 0 aromatic heterocycles. The Kier molecular flexibility index (Phi) is 4.71. The van der Waals surface area contributed by atoms with E-state index in [-0.39, 0.29) is 16.1 Å². The summed E-state index contributed by atoms with van der Waals surface area (Å²) in [5, 5.41) is 0. The molecule has 0 aliphatic heterocycles. The van der Waals surface area contributed by atoms with Crippen molar-refractivity contribution in [3.63, 3.8) is 0 Å². The molecule has 2 aromatic rings. The standard InChI is InChI=1S/C14H11F3INO2S/c1-9-7-12(18)13(8-11(9)14(15,16)17)19-22(20,21)10-5-3-2-4-6-10/h2-8,19H,1H3. The van der Waals surface area contributed by atoms with Gasteiger partial charge in [-0.1, -0.05) is 18.2 Å². The van der Waals surface area contributed by atoms with E-state index in [4.69, 9.17) is 0 Å². The third-order valence-electron chi connectivity index (χ3n) is 2.92. The molecule has 0 amide bonds. The van der Waals surface area contributed by atoms with Gasteiger partial charge in [-0.25, -0.2) is 8.42 Å². The molecule has 0 saturated heterocycles. The SMILES string of the molecule is Cc1cc(I)c(NS(=O)(=O)c2ccccc2)cc1C(F)(F)F. The van der Waals surface area contributed by atoms with Gasteiger partial charge in [-0.2, -0.15) is 13.2 Å². The van der Waals surface area contributed by atoms with Crippen molar-refractivity contribution in [2.24, 2.45) is 0 Å². The van der Waals surface area contributed by atoms with Crippen molar-refractivity contribution in [3.05, 3.63) is 57.2 Å². The van der Waals surface area contributed by atoms with Crippen LogP contribution in [0.4, 0.5) is 18.9 Å². The zero-order valence-corrected chi connectivity index (χ0v) is 14.3. The molecule has 0 unspecified atom stereocenters. The van der Waals surface area contributed by atoms with Gasteiger partial charge in [0.1, 0.15) is 0 Å². The predicted molar refractivity (Wildman–Crippen MR) is 86.1 cm³/mol. The quantitative estimate of drug-likeness (QED) is 0.718. The summed E-state index contributed by atoms with van der Waals surface area (Å²) in [5.74, 6) is 0. The fraction of sp³-hybridized carbons (Fsp3) is 0.143. The zero-order valence-electron chi connectivity index (χ0n) is 11.3. The van der Waals surface area contributed by atoms with Crippen LogP contribution in [0.2, 0.25) is 0 Å². The van der Waals surface area contributed by atoms with E-state index in [0.29, 0.717) is 3.57 Å². The summed E-state index contributed by atoms with van der Waals surface area (Å²) in [7, 11) is -3.93. The Morgan fingerprint density at radius 3 is 2.23 bits per heavy atom. The minimum Gasteiger partial charge on any atom is -0.279 e. The first-order valence-corrected chi connectivity index (χ1v) is 8.62. The molecule has 1 N–H and O–H groups in total. The molecular weight excluding hydrogens is 430 g/mol. The van der Waals surface area contributed by atoms with Crippen LogP contribution in [0.3, 0.4) is 0 Å². The first-order valence-electron chi connectivity index (χ1n) is 6.06. The van der Waals surface area contributed by atoms with Gasteiger partial charge in [0.15, 0.2) is 0 Å². The normalized spacial score (nSPS) is 12.2. The molecule has 0 radical (unpaired) electrons. The predicted octanol–water partition coefficient (Wildman–Crippen LogP) is 4.42. The summed E-state index contributed by atoms with van der Waals surface area (Å²) in [5.41, 5.74) is -0.916. The second-order valence-electron chi connectivity index (χ2n) is 4.56. The number of anilines is 1. The number of alkyl halides is 3. The van der Waals surface area contributed by atoms with E-state index in [1.165, 1.54) is 37.3 Å². The Hall–Kier alpha value is -1.29. The van der Waals surface area contributed by atoms with Gasteiger partial charge in [0.2, 0.25) is 0 Å². The Morgan fingerprint density at radius 1 is 1.09 bits per heavy atom. The smallest absolute Gasteiger partial charge is 0.279 e. The maximum absolute atomic E-state index is 12.9. The van der Waals surface area contributed by atoms with Gasteiger partial charge < -0.3 is 0 Å². The lowest BCUT2D eigenvalue weighted by Crippen LogP contribution is -2.15. The summed E-state index contributed by atoms with van der Waals surface area (Å²) in [6, 6.07) is 9.58. The maximum atomic E-state index is 12.9. The van der Waals surface area contributed by atoms with E-state index >= 15 is 0 Å². The molecule has 0 aliphatic rings. The van der Waals surface area contributed by atoms with E-state index in [1.807, 2.05) is 0 Å². The first-order chi connectivity index (χ1) is 10.1. The van der Waals surface area contributed by atoms with Crippen LogP contribution in [0.1, 0.15) is 11.1 Å². The molecule has 0 aliphatic carbocycles. The molecule has 0 fully saturated rings. The molecule has 0 saturated carbocycles. The average Bonchev–Trinajstić information content (AvgIpc) is 2.41. The summed E-state index contributed by atoms with van der Waals surface area (Å²) >= 11 is 1.80. The van der Waals surface area contributed by atoms with Gasteiger partial charge in [0.25, 0.3) is 10.0 Å². The van der Waals surface area contributed by atoms with Crippen molar-refractivity contribution < 1.29 is 21.6 Å². The van der Waals surface area contributed by atoms with Crippen LogP contribution in [-0.4, -0.2) is 8.42 Å². The fourth-order valence-corrected chi connectivity index (χ4v) is 3.89. The van der Waals surface area contributed by atoms with Gasteiger partial charge in [-0.05, 0) is 59.3 Å². The topological polar surface area (TPSA) is 46.2 Å². The Bertz CT molecular complexity index is 790. The fourth-order valence-electron chi connectivity index (χ4n) is 1.86. The first kappa shape index (κ1) is 17.1. The third kappa shape index (κ3) is 3.72. The van der Waals surface area contributed by atoms with Gasteiger partial charge in [0, 0.05) is 3.57 Å². The average molecular weight is 441 g/mol. The van der Waals surface area contributed by atoms with Crippen molar-refractivity contribution in [2.45, 2.75) is 18.0 Å². The molecule has 22 heavy (non-hydrogen) atoms. The van der Waals surface area contributed by atoms with E-state index < -0.39 is 21.8 Å². The summed E-state index contributed by atoms with van der Waals surface area (Å²) in [6.07, 6.45) is -4.54. The Labute approximate surface area is 139 Å². The van der Waals surface area contributed by atoms with E-state index in [0.717, 1.165) is 6.07 Å². The zero-order chi connectivity index (χ0) is 16.5. The Morgan fingerprint density at radius 2 is 1.68 bits per heavy atom. The molecular formula is C14H11F3INO2S. The van der Waals surface area contributed by atoms with E-state index in [2.05, 4.69) is 4.72 Å². The minimum atomic E-state index is -4.54. The molecule has 2 rings (SSSR count). The second kappa shape index (κ2) is 6.07. The second-order valence-corrected chi connectivity index (χ2v) is 7.41. The van der Waals surface area contributed by atoms with E-state index in [1.54, 1.807) is 28.7 Å². The number of benzene rings is 2. The number of nitrogens with one attached hydrogen (secondary N) is 1. The molecule has 3 nitrogen and oxygen atoms in total. The van der Waals surface area contributed by atoms with Crippen molar-refractivity contribution in [2.75, 3.05) is 4.72 Å². The number of hydrogen-bond donors (Lipinski definition) is 1. The molecule has 0 bridgehead atoms. The van der Waals surface area contributed by atoms with Crippen molar-refractivity contribution in [1.29, 1.82) is 0 Å². The molecule has 0 heterocycles. The number of rotatable bonds is 3. The summed E-state index contributed by atoms with van der Waals surface area (Å²) in [4.78, 5) is -0.0140. The molecule has 8 heteroatoms. The summed E-state index contributed by atoms with van der Waals surface area (Å²) in [6.45, 7) is 1.33. The largest absolute Gasteiger partial charge is 0.416 e. The van der Waals surface area contributed by atoms with Gasteiger partial charge in [0.05, 0.1) is 16.1 Å². The van der Waals surface area contributed by atoms with Crippen LogP contribution in [0.5, 0.6) is 0 Å². The van der Waals surface area contributed by atoms with Crippen LogP contribution in [-0.2, 0) is 16.2 Å². The number of sulfonamides is 1. The van der Waals surface area contributed by atoms with Crippen LogP contribution in [0, 0.1) is 10.5 Å². The lowest BCUT2D eigenvalue weighted by molar-refractivity contribution is -0.138. The third-order valence-corrected chi connectivity index (χ3v) is 5.19. The highest BCUT2D eigenvalue weighted by atomic mass is 127. The van der Waals surface area contributed by atoms with E-state index in [9.17, 15) is 21.6 Å². The van der Waals surface area contributed by atoms with Crippen LogP contribution in [0.25, 0.3) is 0 Å². The van der Waals surface area contributed by atoms with Crippen molar-refractivity contribution in [1.82, 2.24) is 0 Å². The van der Waals surface area contributed by atoms with Crippen LogP contribution >= 0.6 is 22.6 Å². The maximum Gasteiger partial charge on any atom is 0.416 e. The highest BCUT2D eigenvalue weighted by Crippen LogP contribution is 2.36. The minimum absolute atomic E-state index is 0.0140. The number of hydrogen-bond acceptors (Lipinski definition) is 2. The lowest BCUT2D eigenvalue weighted by Gasteiger charge is -2.15. The summed E-state index contributed by atoms with van der Waals surface area (Å²) < 4.78 is 65.8. The van der Waals surface area contributed by atoms with Gasteiger partial charge >= 0.3 is 6.18 Å². The molecule has 0 atom stereocenters. The number of aryl methyl sites for hydroxylation is 1. The molecule has 0 spiro atoms. The lowest BCUT2D eigenvalue weighted by atomic mass is 10.1. The Balaban J connectivity index is 2.46. The number of halogens is 4. The highest BCUT2D eigenvalue weighted by Gasteiger charge is 2.33. The molecule has 118 valence electrons. The van der Waals surface area contributed by atoms with Gasteiger partial charge in [-0.15, -0.1) is 0 Å².